The SMILES string of the molecule is Cc1cccc2cc(C(C)(O)c3ccc(I)cc3)oc12. The Bertz CT molecular complexity index is 754. The zero-order chi connectivity index (χ0) is 14.3. The van der Waals surface area contributed by atoms with Crippen molar-refractivity contribution >= 4 is 33.6 Å². The van der Waals surface area contributed by atoms with Gasteiger partial charge in [-0.2, -0.15) is 0 Å². The van der Waals surface area contributed by atoms with Crippen molar-refractivity contribution in [2.75, 3.05) is 0 Å². The zero-order valence-corrected chi connectivity index (χ0v) is 13.5. The van der Waals surface area contributed by atoms with Crippen LogP contribution in [0.2, 0.25) is 0 Å². The Balaban J connectivity index is 2.13. The number of hydrogen-bond donors (Lipinski definition) is 1. The Morgan fingerprint density at radius 2 is 1.80 bits per heavy atom. The van der Waals surface area contributed by atoms with Crippen molar-refractivity contribution < 1.29 is 9.52 Å². The molecule has 2 aromatic carbocycles. The lowest BCUT2D eigenvalue weighted by molar-refractivity contribution is 0.0786. The summed E-state index contributed by atoms with van der Waals surface area (Å²) in [7, 11) is 0. The maximum absolute atomic E-state index is 10.8. The summed E-state index contributed by atoms with van der Waals surface area (Å²) in [6.45, 7) is 3.78. The van der Waals surface area contributed by atoms with Crippen LogP contribution in [0.4, 0.5) is 0 Å². The van der Waals surface area contributed by atoms with Crippen LogP contribution in [0.25, 0.3) is 11.0 Å². The predicted octanol–water partition coefficient (Wildman–Crippen LogP) is 4.60. The van der Waals surface area contributed by atoms with Gasteiger partial charge in [0.15, 0.2) is 0 Å². The summed E-state index contributed by atoms with van der Waals surface area (Å²) in [5.41, 5.74) is 1.62. The fraction of sp³-hybridized carbons (Fsp3) is 0.176. The molecule has 0 bridgehead atoms. The number of furan rings is 1. The number of hydrogen-bond acceptors (Lipinski definition) is 2. The smallest absolute Gasteiger partial charge is 0.144 e. The van der Waals surface area contributed by atoms with Crippen LogP contribution >= 0.6 is 22.6 Å². The minimum Gasteiger partial charge on any atom is -0.457 e. The molecule has 1 atom stereocenters. The molecule has 1 unspecified atom stereocenters. The molecular weight excluding hydrogens is 363 g/mol. The summed E-state index contributed by atoms with van der Waals surface area (Å²) in [6.07, 6.45) is 0. The highest BCUT2D eigenvalue weighted by Crippen LogP contribution is 2.34. The molecule has 3 heteroatoms. The highest BCUT2D eigenvalue weighted by Gasteiger charge is 2.29. The molecule has 0 aliphatic rings. The summed E-state index contributed by atoms with van der Waals surface area (Å²) < 4.78 is 7.04. The van der Waals surface area contributed by atoms with Crippen LogP contribution in [0.15, 0.2) is 52.9 Å². The van der Waals surface area contributed by atoms with Crippen molar-refractivity contribution in [2.45, 2.75) is 19.4 Å². The van der Waals surface area contributed by atoms with Crippen LogP contribution in [0.3, 0.4) is 0 Å². The Hall–Kier alpha value is -1.33. The quantitative estimate of drug-likeness (QED) is 0.662. The molecule has 1 N–H and O–H groups in total. The van der Waals surface area contributed by atoms with Gasteiger partial charge in [0.2, 0.25) is 0 Å². The van der Waals surface area contributed by atoms with E-state index in [2.05, 4.69) is 22.6 Å². The van der Waals surface area contributed by atoms with E-state index in [-0.39, 0.29) is 0 Å². The van der Waals surface area contributed by atoms with E-state index < -0.39 is 5.60 Å². The second kappa shape index (κ2) is 4.90. The molecule has 102 valence electrons. The van der Waals surface area contributed by atoms with Crippen LogP contribution in [0.1, 0.15) is 23.8 Å². The lowest BCUT2D eigenvalue weighted by Crippen LogP contribution is -2.21. The third-order valence-electron chi connectivity index (χ3n) is 3.63. The van der Waals surface area contributed by atoms with Crippen LogP contribution in [0.5, 0.6) is 0 Å². The third kappa shape index (κ3) is 2.25. The second-order valence-corrected chi connectivity index (χ2v) is 6.43. The van der Waals surface area contributed by atoms with E-state index in [9.17, 15) is 5.11 Å². The van der Waals surface area contributed by atoms with E-state index >= 15 is 0 Å². The first-order valence-electron chi connectivity index (χ1n) is 6.46. The van der Waals surface area contributed by atoms with Crippen LogP contribution in [0, 0.1) is 10.5 Å². The zero-order valence-electron chi connectivity index (χ0n) is 11.4. The van der Waals surface area contributed by atoms with Crippen molar-refractivity contribution in [3.63, 3.8) is 0 Å². The lowest BCUT2D eigenvalue weighted by atomic mass is 9.93. The number of aryl methyl sites for hydroxylation is 1. The summed E-state index contributed by atoms with van der Waals surface area (Å²) in [6, 6.07) is 15.8. The molecular formula is C17H15IO2. The Morgan fingerprint density at radius 1 is 1.10 bits per heavy atom. The van der Waals surface area contributed by atoms with Gasteiger partial charge in [0.05, 0.1) is 0 Å². The summed E-state index contributed by atoms with van der Waals surface area (Å²) in [5.74, 6) is 0.572. The first kappa shape index (κ1) is 13.6. The van der Waals surface area contributed by atoms with Gasteiger partial charge in [0.25, 0.3) is 0 Å². The molecule has 20 heavy (non-hydrogen) atoms. The van der Waals surface area contributed by atoms with Crippen LogP contribution in [-0.2, 0) is 5.60 Å². The number of halogens is 1. The van der Waals surface area contributed by atoms with Crippen molar-refractivity contribution in [1.82, 2.24) is 0 Å². The molecule has 0 radical (unpaired) electrons. The molecule has 0 amide bonds. The molecule has 0 spiro atoms. The van der Waals surface area contributed by atoms with E-state index in [0.717, 1.165) is 25.7 Å². The van der Waals surface area contributed by atoms with Gasteiger partial charge in [-0.15, -0.1) is 0 Å². The predicted molar refractivity (Wildman–Crippen MR) is 88.8 cm³/mol. The Labute approximate surface area is 131 Å². The fourth-order valence-electron chi connectivity index (χ4n) is 2.37. The van der Waals surface area contributed by atoms with E-state index in [1.54, 1.807) is 6.92 Å². The van der Waals surface area contributed by atoms with E-state index in [4.69, 9.17) is 4.42 Å². The number of para-hydroxylation sites is 1. The van der Waals surface area contributed by atoms with E-state index in [0.29, 0.717) is 5.76 Å². The van der Waals surface area contributed by atoms with Gasteiger partial charge in [-0.05, 0) is 65.8 Å². The van der Waals surface area contributed by atoms with Gasteiger partial charge in [-0.3, -0.25) is 0 Å². The van der Waals surface area contributed by atoms with Gasteiger partial charge in [0, 0.05) is 8.96 Å². The third-order valence-corrected chi connectivity index (χ3v) is 4.35. The normalized spacial score (nSPS) is 14.4. The van der Waals surface area contributed by atoms with Gasteiger partial charge in [-0.1, -0.05) is 30.3 Å². The number of rotatable bonds is 2. The molecule has 0 aliphatic carbocycles. The average Bonchev–Trinajstić information content (AvgIpc) is 2.85. The van der Waals surface area contributed by atoms with Gasteiger partial charge < -0.3 is 9.52 Å². The standard InChI is InChI=1S/C17H15IO2/c1-11-4-3-5-12-10-15(20-16(11)12)17(2,19)13-6-8-14(18)9-7-13/h3-10,19H,1-2H3. The van der Waals surface area contributed by atoms with Crippen molar-refractivity contribution in [2.24, 2.45) is 0 Å². The molecule has 0 saturated carbocycles. The molecule has 3 aromatic rings. The molecule has 1 aromatic heterocycles. The summed E-state index contributed by atoms with van der Waals surface area (Å²) >= 11 is 2.25. The average molecular weight is 378 g/mol. The first-order chi connectivity index (χ1) is 9.48. The van der Waals surface area contributed by atoms with Gasteiger partial charge >= 0.3 is 0 Å². The van der Waals surface area contributed by atoms with Crippen LogP contribution in [-0.4, -0.2) is 5.11 Å². The maximum Gasteiger partial charge on any atom is 0.144 e. The van der Waals surface area contributed by atoms with Crippen molar-refractivity contribution in [1.29, 1.82) is 0 Å². The molecule has 0 fully saturated rings. The highest BCUT2D eigenvalue weighted by atomic mass is 127. The van der Waals surface area contributed by atoms with E-state index in [1.807, 2.05) is 55.5 Å². The molecule has 1 heterocycles. The second-order valence-electron chi connectivity index (χ2n) is 5.18. The van der Waals surface area contributed by atoms with Gasteiger partial charge in [0.1, 0.15) is 16.9 Å². The summed E-state index contributed by atoms with van der Waals surface area (Å²) in [5, 5.41) is 11.9. The van der Waals surface area contributed by atoms with Crippen molar-refractivity contribution in [3.8, 4) is 0 Å². The lowest BCUT2D eigenvalue weighted by Gasteiger charge is -2.21. The number of fused-ring (bicyclic) bond motifs is 1. The summed E-state index contributed by atoms with van der Waals surface area (Å²) in [4.78, 5) is 0. The number of benzene rings is 2. The molecule has 0 saturated heterocycles. The van der Waals surface area contributed by atoms with Gasteiger partial charge in [-0.25, -0.2) is 0 Å². The minimum absolute atomic E-state index is 0.572. The van der Waals surface area contributed by atoms with Crippen molar-refractivity contribution in [3.05, 3.63) is 69.0 Å². The minimum atomic E-state index is -1.13. The topological polar surface area (TPSA) is 33.4 Å². The molecule has 3 rings (SSSR count). The maximum atomic E-state index is 10.8. The monoisotopic (exact) mass is 378 g/mol. The Morgan fingerprint density at radius 3 is 2.45 bits per heavy atom. The van der Waals surface area contributed by atoms with Crippen LogP contribution < -0.4 is 0 Å². The molecule has 2 nitrogen and oxygen atoms in total. The highest BCUT2D eigenvalue weighted by molar-refractivity contribution is 14.1. The fourth-order valence-corrected chi connectivity index (χ4v) is 2.73. The first-order valence-corrected chi connectivity index (χ1v) is 7.54. The molecule has 0 aliphatic heterocycles. The van der Waals surface area contributed by atoms with E-state index in [1.165, 1.54) is 0 Å². The Kier molecular flexibility index (Phi) is 3.34. The number of aliphatic hydroxyl groups is 1. The largest absolute Gasteiger partial charge is 0.457 e.